The number of benzene rings is 2. The molecule has 2 fully saturated rings. The average molecular weight is 436 g/mol. The summed E-state index contributed by atoms with van der Waals surface area (Å²) < 4.78 is 16.9. The highest BCUT2D eigenvalue weighted by molar-refractivity contribution is 5.80. The molecule has 5 rings (SSSR count). The lowest BCUT2D eigenvalue weighted by Gasteiger charge is -2.39. The predicted octanol–water partition coefficient (Wildman–Crippen LogP) is 3.60. The fourth-order valence-corrected chi connectivity index (χ4v) is 5.28. The summed E-state index contributed by atoms with van der Waals surface area (Å²) in [6.45, 7) is 4.79. The zero-order valence-electron chi connectivity index (χ0n) is 18.9. The Morgan fingerprint density at radius 1 is 1.09 bits per heavy atom. The number of guanidine groups is 1. The maximum atomic E-state index is 5.72. The summed E-state index contributed by atoms with van der Waals surface area (Å²) in [5.74, 6) is 3.36. The third-order valence-electron chi connectivity index (χ3n) is 7.18. The van der Waals surface area contributed by atoms with Crippen LogP contribution in [0.15, 0.2) is 53.5 Å². The second kappa shape index (κ2) is 9.41. The fourth-order valence-electron chi connectivity index (χ4n) is 5.28. The van der Waals surface area contributed by atoms with Gasteiger partial charge in [0, 0.05) is 45.3 Å². The minimum Gasteiger partial charge on any atom is -0.454 e. The van der Waals surface area contributed by atoms with E-state index in [1.807, 2.05) is 13.1 Å². The number of ether oxygens (including phenoxy) is 3. The van der Waals surface area contributed by atoms with Gasteiger partial charge in [0.2, 0.25) is 6.79 Å². The van der Waals surface area contributed by atoms with Gasteiger partial charge in [-0.1, -0.05) is 36.4 Å². The highest BCUT2D eigenvalue weighted by atomic mass is 16.7. The zero-order chi connectivity index (χ0) is 21.8. The maximum absolute atomic E-state index is 5.72. The average Bonchev–Trinajstić information content (AvgIpc) is 3.50. The summed E-state index contributed by atoms with van der Waals surface area (Å²) in [6, 6.07) is 17.2. The molecule has 32 heavy (non-hydrogen) atoms. The molecule has 2 aromatic carbocycles. The molecule has 0 radical (unpaired) electrons. The van der Waals surface area contributed by atoms with Crippen molar-refractivity contribution < 1.29 is 14.2 Å². The van der Waals surface area contributed by atoms with Crippen molar-refractivity contribution in [1.29, 1.82) is 0 Å². The highest BCUT2D eigenvalue weighted by Crippen LogP contribution is 2.40. The van der Waals surface area contributed by atoms with Crippen molar-refractivity contribution in [2.45, 2.75) is 31.1 Å². The van der Waals surface area contributed by atoms with Gasteiger partial charge >= 0.3 is 0 Å². The summed E-state index contributed by atoms with van der Waals surface area (Å²) >= 11 is 0. The van der Waals surface area contributed by atoms with E-state index in [4.69, 9.17) is 14.2 Å². The maximum Gasteiger partial charge on any atom is 0.231 e. The Bertz CT molecular complexity index is 941. The van der Waals surface area contributed by atoms with Gasteiger partial charge in [-0.15, -0.1) is 0 Å². The monoisotopic (exact) mass is 435 g/mol. The fraction of sp³-hybridized carbons (Fsp3) is 0.500. The number of nitrogens with zero attached hydrogens (tertiary/aromatic N) is 2. The second-order valence-electron chi connectivity index (χ2n) is 9.15. The van der Waals surface area contributed by atoms with Gasteiger partial charge in [0.25, 0.3) is 0 Å². The van der Waals surface area contributed by atoms with Gasteiger partial charge in [0.15, 0.2) is 17.5 Å². The molecule has 2 saturated heterocycles. The molecule has 0 amide bonds. The normalized spacial score (nSPS) is 22.2. The number of rotatable bonds is 5. The van der Waals surface area contributed by atoms with Crippen LogP contribution in [0.2, 0.25) is 0 Å². The van der Waals surface area contributed by atoms with Gasteiger partial charge in [-0.25, -0.2) is 0 Å². The van der Waals surface area contributed by atoms with Crippen molar-refractivity contribution in [3.63, 3.8) is 0 Å². The molecule has 0 aliphatic carbocycles. The zero-order valence-corrected chi connectivity index (χ0v) is 18.9. The number of hydrogen-bond acceptors (Lipinski definition) is 4. The highest BCUT2D eigenvalue weighted by Gasteiger charge is 2.36. The van der Waals surface area contributed by atoms with E-state index in [2.05, 4.69) is 57.7 Å². The van der Waals surface area contributed by atoms with Gasteiger partial charge in [0.05, 0.1) is 0 Å². The van der Waals surface area contributed by atoms with E-state index in [1.54, 1.807) is 0 Å². The van der Waals surface area contributed by atoms with Crippen LogP contribution >= 0.6 is 0 Å². The minimum absolute atomic E-state index is 0.00165. The molecule has 3 heterocycles. The van der Waals surface area contributed by atoms with E-state index in [0.717, 1.165) is 69.6 Å². The van der Waals surface area contributed by atoms with E-state index in [0.29, 0.717) is 12.7 Å². The Hall–Kier alpha value is -2.73. The first-order chi connectivity index (χ1) is 15.8. The van der Waals surface area contributed by atoms with Crippen LogP contribution < -0.4 is 14.8 Å². The van der Waals surface area contributed by atoms with Gasteiger partial charge in [-0.2, -0.15) is 0 Å². The molecule has 3 aliphatic rings. The van der Waals surface area contributed by atoms with E-state index in [1.165, 1.54) is 17.5 Å². The molecule has 1 N–H and O–H groups in total. The molecule has 0 aromatic heterocycles. The van der Waals surface area contributed by atoms with Crippen molar-refractivity contribution in [1.82, 2.24) is 10.2 Å². The first-order valence-corrected chi connectivity index (χ1v) is 11.7. The van der Waals surface area contributed by atoms with Crippen LogP contribution in [0.3, 0.4) is 0 Å². The number of likely N-dealkylation sites (tertiary alicyclic amines) is 1. The number of nitrogens with one attached hydrogen (secondary N) is 1. The van der Waals surface area contributed by atoms with Gasteiger partial charge in [-0.05, 0) is 54.9 Å². The summed E-state index contributed by atoms with van der Waals surface area (Å²) in [5.41, 5.74) is 2.71. The standard InChI is InChI=1S/C26H33N3O3/c1-27-25(29-12-9-21(17-29)15-20-5-3-2-4-6-20)28-18-26(10-13-30-14-11-26)22-7-8-23-24(16-22)32-19-31-23/h2-8,16,21H,9-15,17-19H2,1H3,(H,27,28). The molecule has 0 spiro atoms. The Morgan fingerprint density at radius 3 is 2.72 bits per heavy atom. The van der Waals surface area contributed by atoms with Crippen LogP contribution in [0, 0.1) is 5.92 Å². The summed E-state index contributed by atoms with van der Waals surface area (Å²) in [6.07, 6.45) is 4.30. The Kier molecular flexibility index (Phi) is 6.21. The molecule has 1 unspecified atom stereocenters. The van der Waals surface area contributed by atoms with Crippen molar-refractivity contribution in [2.75, 3.05) is 46.7 Å². The van der Waals surface area contributed by atoms with E-state index < -0.39 is 0 Å². The molecule has 0 saturated carbocycles. The van der Waals surface area contributed by atoms with E-state index in [-0.39, 0.29) is 5.41 Å². The third kappa shape index (κ3) is 4.42. The van der Waals surface area contributed by atoms with Crippen LogP contribution in [0.4, 0.5) is 0 Å². The van der Waals surface area contributed by atoms with Crippen LogP contribution in [-0.2, 0) is 16.6 Å². The number of hydrogen-bond donors (Lipinski definition) is 1. The minimum atomic E-state index is -0.00165. The Balaban J connectivity index is 1.25. The van der Waals surface area contributed by atoms with Gasteiger partial charge < -0.3 is 24.4 Å². The Labute approximate surface area is 190 Å². The first kappa shape index (κ1) is 21.1. The van der Waals surface area contributed by atoms with Crippen LogP contribution in [0.1, 0.15) is 30.4 Å². The van der Waals surface area contributed by atoms with Crippen LogP contribution in [-0.4, -0.2) is 57.5 Å². The lowest BCUT2D eigenvalue weighted by atomic mass is 9.74. The van der Waals surface area contributed by atoms with Gasteiger partial charge in [0.1, 0.15) is 0 Å². The Morgan fingerprint density at radius 2 is 1.91 bits per heavy atom. The largest absolute Gasteiger partial charge is 0.454 e. The van der Waals surface area contributed by atoms with E-state index in [9.17, 15) is 0 Å². The lowest BCUT2D eigenvalue weighted by molar-refractivity contribution is 0.0511. The van der Waals surface area contributed by atoms with Crippen LogP contribution in [0.5, 0.6) is 11.5 Å². The molecule has 6 nitrogen and oxygen atoms in total. The molecule has 3 aliphatic heterocycles. The number of fused-ring (bicyclic) bond motifs is 1. The summed E-state index contributed by atoms with van der Waals surface area (Å²) in [5, 5.41) is 3.72. The molecule has 0 bridgehead atoms. The molecule has 170 valence electrons. The van der Waals surface area contributed by atoms with E-state index >= 15 is 0 Å². The van der Waals surface area contributed by atoms with Crippen molar-refractivity contribution in [3.8, 4) is 11.5 Å². The third-order valence-corrected chi connectivity index (χ3v) is 7.18. The molecular weight excluding hydrogens is 402 g/mol. The lowest BCUT2D eigenvalue weighted by Crippen LogP contribution is -2.48. The topological polar surface area (TPSA) is 55.3 Å². The summed E-state index contributed by atoms with van der Waals surface area (Å²) in [4.78, 5) is 7.05. The molecule has 1 atom stereocenters. The second-order valence-corrected chi connectivity index (χ2v) is 9.15. The molecule has 6 heteroatoms. The van der Waals surface area contributed by atoms with Crippen LogP contribution in [0.25, 0.3) is 0 Å². The number of aliphatic imine (C=N–C) groups is 1. The molecule has 2 aromatic rings. The van der Waals surface area contributed by atoms with Gasteiger partial charge in [-0.3, -0.25) is 4.99 Å². The van der Waals surface area contributed by atoms with Crippen molar-refractivity contribution >= 4 is 5.96 Å². The van der Waals surface area contributed by atoms with Crippen molar-refractivity contribution in [3.05, 3.63) is 59.7 Å². The summed E-state index contributed by atoms with van der Waals surface area (Å²) in [7, 11) is 1.89. The smallest absolute Gasteiger partial charge is 0.231 e. The predicted molar refractivity (Wildman–Crippen MR) is 125 cm³/mol. The van der Waals surface area contributed by atoms with Crippen molar-refractivity contribution in [2.24, 2.45) is 10.9 Å². The first-order valence-electron chi connectivity index (χ1n) is 11.7. The SMILES string of the molecule is CN=C(NCC1(c2ccc3c(c2)OCO3)CCOCC1)N1CCC(Cc2ccccc2)C1. The molecular formula is C26H33N3O3. The quantitative estimate of drug-likeness (QED) is 0.575.